The summed E-state index contributed by atoms with van der Waals surface area (Å²) in [5, 5.41) is 8.69. The average Bonchev–Trinajstić information content (AvgIpc) is 3.14. The smallest absolute Gasteiger partial charge is 0.253 e. The van der Waals surface area contributed by atoms with Crippen molar-refractivity contribution in [2.75, 3.05) is 4.72 Å². The second-order valence-corrected chi connectivity index (χ2v) is 12.0. The van der Waals surface area contributed by atoms with E-state index in [1.165, 1.54) is 36.4 Å². The number of benzene rings is 2. The summed E-state index contributed by atoms with van der Waals surface area (Å²) in [6, 6.07) is 11.5. The van der Waals surface area contributed by atoms with Crippen LogP contribution in [0.1, 0.15) is 30.5 Å². The topological polar surface area (TPSA) is 118 Å². The second kappa shape index (κ2) is 9.21. The van der Waals surface area contributed by atoms with Crippen LogP contribution in [0.2, 0.25) is 5.02 Å². The summed E-state index contributed by atoms with van der Waals surface area (Å²) in [6.07, 6.45) is 0. The molecule has 3 rings (SSSR count). The number of aryl methyl sites for hydroxylation is 1. The van der Waals surface area contributed by atoms with E-state index < -0.39 is 26.1 Å². The molecule has 2 aromatic carbocycles. The van der Waals surface area contributed by atoms with Gasteiger partial charge in [0.05, 0.1) is 15.8 Å². The molecule has 12 heteroatoms. The Morgan fingerprint density at radius 3 is 2.00 bits per heavy atom. The molecule has 8 nitrogen and oxygen atoms in total. The van der Waals surface area contributed by atoms with Gasteiger partial charge in [-0.25, -0.2) is 21.6 Å². The van der Waals surface area contributed by atoms with Crippen LogP contribution in [0.15, 0.2) is 58.3 Å². The second-order valence-electron chi connectivity index (χ2n) is 7.16. The Morgan fingerprint density at radius 1 is 0.871 bits per heavy atom. The zero-order valence-electron chi connectivity index (χ0n) is 16.9. The maximum atomic E-state index is 12.8. The predicted molar refractivity (Wildman–Crippen MR) is 121 cm³/mol. The van der Waals surface area contributed by atoms with Crippen LogP contribution in [0.4, 0.5) is 5.13 Å². The van der Waals surface area contributed by atoms with Gasteiger partial charge in [-0.15, -0.1) is 10.2 Å². The molecule has 0 fully saturated rings. The van der Waals surface area contributed by atoms with Crippen LogP contribution in [0.25, 0.3) is 0 Å². The lowest BCUT2D eigenvalue weighted by Gasteiger charge is -2.19. The van der Waals surface area contributed by atoms with Crippen molar-refractivity contribution in [3.63, 3.8) is 0 Å². The lowest BCUT2D eigenvalue weighted by Crippen LogP contribution is -2.31. The van der Waals surface area contributed by atoms with Gasteiger partial charge < -0.3 is 0 Å². The van der Waals surface area contributed by atoms with E-state index in [0.29, 0.717) is 10.0 Å². The highest BCUT2D eigenvalue weighted by atomic mass is 35.5. The van der Waals surface area contributed by atoms with Crippen LogP contribution >= 0.6 is 22.9 Å². The average molecular weight is 501 g/mol. The van der Waals surface area contributed by atoms with E-state index in [4.69, 9.17) is 11.6 Å². The van der Waals surface area contributed by atoms with E-state index in [-0.39, 0.29) is 20.8 Å². The van der Waals surface area contributed by atoms with Crippen LogP contribution in [-0.4, -0.2) is 27.0 Å². The summed E-state index contributed by atoms with van der Waals surface area (Å²) >= 11 is 6.77. The normalized spacial score (nSPS) is 13.3. The Balaban J connectivity index is 1.82. The standard InChI is InChI=1S/C19H21ClN4O4S3/c1-12(2)17(23-30(25,26)15-8-4-13(3)5-9-15)18-21-22-19(29-18)24-31(27,28)16-10-6-14(20)7-11-16/h4-12,17,23H,1-3H3,(H,22,24). The van der Waals surface area contributed by atoms with E-state index in [1.807, 2.05) is 20.8 Å². The third-order valence-corrected chi connectivity index (χ3v) is 8.45. The van der Waals surface area contributed by atoms with Crippen LogP contribution < -0.4 is 9.44 Å². The summed E-state index contributed by atoms with van der Waals surface area (Å²) in [5.41, 5.74) is 0.945. The fourth-order valence-electron chi connectivity index (χ4n) is 2.61. The van der Waals surface area contributed by atoms with Crippen LogP contribution in [-0.2, 0) is 20.0 Å². The number of halogens is 1. The maximum absolute atomic E-state index is 12.8. The van der Waals surface area contributed by atoms with E-state index in [2.05, 4.69) is 19.6 Å². The number of nitrogens with one attached hydrogen (secondary N) is 2. The predicted octanol–water partition coefficient (Wildman–Crippen LogP) is 3.98. The Labute approximate surface area is 190 Å². The van der Waals surface area contributed by atoms with Crippen LogP contribution in [0.5, 0.6) is 0 Å². The first-order chi connectivity index (χ1) is 14.5. The van der Waals surface area contributed by atoms with Gasteiger partial charge in [-0.2, -0.15) is 0 Å². The monoisotopic (exact) mass is 500 g/mol. The largest absolute Gasteiger partial charge is 0.263 e. The molecule has 0 saturated heterocycles. The van der Waals surface area contributed by atoms with Crippen molar-refractivity contribution in [2.45, 2.75) is 36.6 Å². The number of aromatic nitrogens is 2. The number of rotatable bonds is 8. The molecule has 2 N–H and O–H groups in total. The molecule has 3 aromatic rings. The van der Waals surface area contributed by atoms with Crippen molar-refractivity contribution < 1.29 is 16.8 Å². The zero-order chi connectivity index (χ0) is 22.8. The van der Waals surface area contributed by atoms with Gasteiger partial charge in [0.15, 0.2) is 0 Å². The molecule has 0 amide bonds. The minimum atomic E-state index is -3.88. The molecule has 1 heterocycles. The molecule has 1 atom stereocenters. The summed E-state index contributed by atoms with van der Waals surface area (Å²) in [7, 11) is -7.69. The van der Waals surface area contributed by atoms with Gasteiger partial charge in [0.2, 0.25) is 15.2 Å². The van der Waals surface area contributed by atoms with Crippen molar-refractivity contribution in [2.24, 2.45) is 5.92 Å². The Hall–Kier alpha value is -2.05. The van der Waals surface area contributed by atoms with Gasteiger partial charge in [0.25, 0.3) is 10.0 Å². The highest BCUT2D eigenvalue weighted by Gasteiger charge is 2.28. The molecular weight excluding hydrogens is 480 g/mol. The van der Waals surface area contributed by atoms with E-state index in [0.717, 1.165) is 16.9 Å². The summed E-state index contributed by atoms with van der Waals surface area (Å²) in [5.74, 6) is -0.158. The first-order valence-electron chi connectivity index (χ1n) is 9.19. The van der Waals surface area contributed by atoms with Crippen molar-refractivity contribution in [1.82, 2.24) is 14.9 Å². The summed E-state index contributed by atoms with van der Waals surface area (Å²) in [4.78, 5) is 0.158. The molecule has 1 unspecified atom stereocenters. The van der Waals surface area contributed by atoms with E-state index in [1.54, 1.807) is 12.1 Å². The molecular formula is C19H21ClN4O4S3. The van der Waals surface area contributed by atoms with Gasteiger partial charge in [0, 0.05) is 5.02 Å². The maximum Gasteiger partial charge on any atom is 0.263 e. The first-order valence-corrected chi connectivity index (χ1v) is 13.3. The quantitative estimate of drug-likeness (QED) is 0.483. The Bertz CT molecular complexity index is 1260. The van der Waals surface area contributed by atoms with Gasteiger partial charge in [0.1, 0.15) is 5.01 Å². The van der Waals surface area contributed by atoms with Gasteiger partial charge >= 0.3 is 0 Å². The van der Waals surface area contributed by atoms with Crippen molar-refractivity contribution in [1.29, 1.82) is 0 Å². The third kappa shape index (κ3) is 5.80. The highest BCUT2D eigenvalue weighted by molar-refractivity contribution is 7.93. The Kier molecular flexibility index (Phi) is 7.01. The van der Waals surface area contributed by atoms with Crippen LogP contribution in [0, 0.1) is 12.8 Å². The third-order valence-electron chi connectivity index (χ3n) is 4.33. The minimum absolute atomic E-state index is 0.0223. The number of hydrogen-bond donors (Lipinski definition) is 2. The fourth-order valence-corrected chi connectivity index (χ4v) is 6.36. The minimum Gasteiger partial charge on any atom is -0.253 e. The van der Waals surface area contributed by atoms with Crippen molar-refractivity contribution in [3.05, 3.63) is 64.1 Å². The van der Waals surface area contributed by atoms with E-state index >= 15 is 0 Å². The number of nitrogens with zero attached hydrogens (tertiary/aromatic N) is 2. The zero-order valence-corrected chi connectivity index (χ0v) is 20.1. The molecule has 31 heavy (non-hydrogen) atoms. The van der Waals surface area contributed by atoms with Gasteiger partial charge in [-0.05, 0) is 49.2 Å². The molecule has 0 radical (unpaired) electrons. The SMILES string of the molecule is Cc1ccc(S(=O)(=O)NC(c2nnc(NS(=O)(=O)c3ccc(Cl)cc3)s2)C(C)C)cc1. The van der Waals surface area contributed by atoms with Gasteiger partial charge in [-0.1, -0.05) is 54.5 Å². The highest BCUT2D eigenvalue weighted by Crippen LogP contribution is 2.30. The molecule has 0 aliphatic heterocycles. The fraction of sp³-hybridized carbons (Fsp3) is 0.263. The van der Waals surface area contributed by atoms with E-state index in [9.17, 15) is 16.8 Å². The molecule has 1 aromatic heterocycles. The molecule has 166 valence electrons. The molecule has 0 aliphatic carbocycles. The Morgan fingerprint density at radius 2 is 1.42 bits per heavy atom. The van der Waals surface area contributed by atoms with Crippen molar-refractivity contribution in [3.8, 4) is 0 Å². The van der Waals surface area contributed by atoms with Gasteiger partial charge in [-0.3, -0.25) is 4.72 Å². The lowest BCUT2D eigenvalue weighted by atomic mass is 10.1. The summed E-state index contributed by atoms with van der Waals surface area (Å²) < 4.78 is 55.7. The van der Waals surface area contributed by atoms with Crippen molar-refractivity contribution >= 4 is 48.1 Å². The number of hydrogen-bond acceptors (Lipinski definition) is 7. The first kappa shape index (κ1) is 23.6. The number of sulfonamides is 2. The molecule has 0 saturated carbocycles. The van der Waals surface area contributed by atoms with Crippen LogP contribution in [0.3, 0.4) is 0 Å². The molecule has 0 bridgehead atoms. The molecule has 0 spiro atoms. The number of anilines is 1. The summed E-state index contributed by atoms with van der Waals surface area (Å²) in [6.45, 7) is 5.54. The molecule has 0 aliphatic rings. The lowest BCUT2D eigenvalue weighted by molar-refractivity contribution is 0.459.